The number of aromatic amines is 1. The number of aromatic nitrogens is 2. The highest BCUT2D eigenvalue weighted by atomic mass is 32.2. The van der Waals surface area contributed by atoms with Crippen molar-refractivity contribution in [2.24, 2.45) is 10.8 Å². The molecule has 0 aliphatic heterocycles. The molecule has 0 atom stereocenters. The number of H-pyrrole nitrogens is 1. The number of rotatable bonds is 6. The summed E-state index contributed by atoms with van der Waals surface area (Å²) in [7, 11) is 1.69. The standard InChI is InChI=1S/C10H16N8OS/c1-13-10(16-6-11)14-2-3-20-5-7-4-15-8(17-7)9(19)18-12/h4H,2-3,5,12H2,1H3,(H,15,17)(H,18,19)(H2,13,14,16). The van der Waals surface area contributed by atoms with Gasteiger partial charge in [-0.15, -0.1) is 4.99 Å². The van der Waals surface area contributed by atoms with Crippen LogP contribution < -0.4 is 21.9 Å². The second kappa shape index (κ2) is 8.78. The summed E-state index contributed by atoms with van der Waals surface area (Å²) in [5, 5.41) is 14.2. The van der Waals surface area contributed by atoms with Gasteiger partial charge in [-0.3, -0.25) is 10.2 Å². The summed E-state index contributed by atoms with van der Waals surface area (Å²) in [6, 6.07) is 0. The minimum Gasteiger partial charge on any atom is -0.359 e. The summed E-state index contributed by atoms with van der Waals surface area (Å²) in [5.74, 6) is 6.69. The Morgan fingerprint density at radius 3 is 3.15 bits per heavy atom. The van der Waals surface area contributed by atoms with Gasteiger partial charge in [-0.2, -0.15) is 17.0 Å². The van der Waals surface area contributed by atoms with Crippen LogP contribution in [0.15, 0.2) is 11.2 Å². The van der Waals surface area contributed by atoms with E-state index in [1.165, 1.54) is 0 Å². The second-order valence-corrected chi connectivity index (χ2v) is 4.63. The molecule has 1 aromatic rings. The molecule has 6 N–H and O–H groups in total. The number of aliphatic imine (C=N–C) groups is 1. The molecule has 108 valence electrons. The molecule has 20 heavy (non-hydrogen) atoms. The molecule has 0 aliphatic carbocycles. The number of nitriles is 1. The van der Waals surface area contributed by atoms with E-state index < -0.39 is 5.91 Å². The van der Waals surface area contributed by atoms with Crippen molar-refractivity contribution in [3.05, 3.63) is 17.7 Å². The van der Waals surface area contributed by atoms with Gasteiger partial charge in [0.15, 0.2) is 5.82 Å². The lowest BCUT2D eigenvalue weighted by atomic mass is 10.5. The number of amides is 1. The minimum absolute atomic E-state index is 0.194. The SMILES string of the molecule is CN/C(=N\C#N)NCCSCc1cnc(C(=O)NN)[nH]1. The molecular formula is C10H16N8OS. The van der Waals surface area contributed by atoms with E-state index in [1.54, 1.807) is 31.2 Å². The number of nitrogens with zero attached hydrogens (tertiary/aromatic N) is 3. The number of nitrogens with one attached hydrogen (secondary N) is 4. The third-order valence-corrected chi connectivity index (χ3v) is 3.18. The fourth-order valence-corrected chi connectivity index (χ4v) is 2.03. The molecule has 0 saturated carbocycles. The summed E-state index contributed by atoms with van der Waals surface area (Å²) >= 11 is 1.65. The van der Waals surface area contributed by atoms with Gasteiger partial charge < -0.3 is 15.6 Å². The number of imidazole rings is 1. The van der Waals surface area contributed by atoms with Crippen molar-refractivity contribution in [3.8, 4) is 6.19 Å². The van der Waals surface area contributed by atoms with E-state index in [4.69, 9.17) is 11.1 Å². The maximum Gasteiger partial charge on any atom is 0.300 e. The molecule has 0 saturated heterocycles. The first-order valence-electron chi connectivity index (χ1n) is 5.72. The molecule has 9 nitrogen and oxygen atoms in total. The Balaban J connectivity index is 2.25. The lowest BCUT2D eigenvalue weighted by molar-refractivity contribution is 0.0944. The summed E-state index contributed by atoms with van der Waals surface area (Å²) in [6.07, 6.45) is 3.30. The number of guanidine groups is 1. The topological polar surface area (TPSA) is 144 Å². The number of hydrogen-bond donors (Lipinski definition) is 5. The number of nitrogen functional groups attached to an aromatic ring is 1. The predicted octanol–water partition coefficient (Wildman–Crippen LogP) is -1.11. The first-order chi connectivity index (χ1) is 9.71. The molecule has 0 aliphatic rings. The smallest absolute Gasteiger partial charge is 0.300 e. The number of carbonyl (C=O) groups excluding carboxylic acids is 1. The zero-order chi connectivity index (χ0) is 14.8. The van der Waals surface area contributed by atoms with Gasteiger partial charge in [0.05, 0.1) is 0 Å². The Morgan fingerprint density at radius 1 is 1.70 bits per heavy atom. The lowest BCUT2D eigenvalue weighted by Gasteiger charge is -2.06. The Labute approximate surface area is 120 Å². The van der Waals surface area contributed by atoms with Crippen LogP contribution in [0.25, 0.3) is 0 Å². The molecule has 0 unspecified atom stereocenters. The normalized spacial score (nSPS) is 10.8. The van der Waals surface area contributed by atoms with Gasteiger partial charge >= 0.3 is 5.91 Å². The summed E-state index contributed by atoms with van der Waals surface area (Å²) in [5.41, 5.74) is 2.85. The monoisotopic (exact) mass is 296 g/mol. The Bertz CT molecular complexity index is 506. The molecule has 0 bridgehead atoms. The van der Waals surface area contributed by atoms with E-state index in [0.29, 0.717) is 18.3 Å². The van der Waals surface area contributed by atoms with Crippen molar-refractivity contribution < 1.29 is 4.79 Å². The molecule has 0 spiro atoms. The predicted molar refractivity (Wildman–Crippen MR) is 76.5 cm³/mol. The zero-order valence-corrected chi connectivity index (χ0v) is 11.8. The maximum atomic E-state index is 11.2. The van der Waals surface area contributed by atoms with Crippen molar-refractivity contribution in [2.75, 3.05) is 19.3 Å². The Kier molecular flexibility index (Phi) is 6.94. The number of thioether (sulfide) groups is 1. The van der Waals surface area contributed by atoms with Gasteiger partial charge in [-0.25, -0.2) is 10.8 Å². The summed E-state index contributed by atoms with van der Waals surface area (Å²) in [6.45, 7) is 0.663. The van der Waals surface area contributed by atoms with Gasteiger partial charge in [-0.1, -0.05) is 0 Å². The van der Waals surface area contributed by atoms with Crippen LogP contribution in [0.3, 0.4) is 0 Å². The van der Waals surface area contributed by atoms with Gasteiger partial charge in [0.1, 0.15) is 0 Å². The minimum atomic E-state index is -0.450. The van der Waals surface area contributed by atoms with E-state index >= 15 is 0 Å². The van der Waals surface area contributed by atoms with Crippen LogP contribution >= 0.6 is 11.8 Å². The average Bonchev–Trinajstić information content (AvgIpc) is 2.93. The van der Waals surface area contributed by atoms with Crippen molar-refractivity contribution in [3.63, 3.8) is 0 Å². The molecule has 1 aromatic heterocycles. The average molecular weight is 296 g/mol. The quantitative estimate of drug-likeness (QED) is 0.0851. The first-order valence-corrected chi connectivity index (χ1v) is 6.87. The highest BCUT2D eigenvalue weighted by molar-refractivity contribution is 7.98. The highest BCUT2D eigenvalue weighted by Crippen LogP contribution is 2.09. The van der Waals surface area contributed by atoms with Crippen LogP contribution in [0.2, 0.25) is 0 Å². The lowest BCUT2D eigenvalue weighted by Crippen LogP contribution is -2.35. The van der Waals surface area contributed by atoms with Crippen molar-refractivity contribution >= 4 is 23.6 Å². The van der Waals surface area contributed by atoms with Crippen LogP contribution in [0.1, 0.15) is 16.3 Å². The van der Waals surface area contributed by atoms with Gasteiger partial charge in [0, 0.05) is 37.0 Å². The van der Waals surface area contributed by atoms with E-state index in [2.05, 4.69) is 25.6 Å². The molecule has 1 rings (SSSR count). The van der Waals surface area contributed by atoms with Crippen molar-refractivity contribution in [2.45, 2.75) is 5.75 Å². The maximum absolute atomic E-state index is 11.2. The largest absolute Gasteiger partial charge is 0.359 e. The molecule has 1 amide bonds. The summed E-state index contributed by atoms with van der Waals surface area (Å²) < 4.78 is 0. The summed E-state index contributed by atoms with van der Waals surface area (Å²) in [4.78, 5) is 21.5. The molecular weight excluding hydrogens is 280 g/mol. The van der Waals surface area contributed by atoms with E-state index in [1.807, 2.05) is 5.43 Å². The van der Waals surface area contributed by atoms with Crippen LogP contribution in [0, 0.1) is 11.5 Å². The number of hydrogen-bond acceptors (Lipinski definition) is 6. The molecule has 1 heterocycles. The van der Waals surface area contributed by atoms with Crippen LogP contribution in [0.4, 0.5) is 0 Å². The number of hydrazine groups is 1. The van der Waals surface area contributed by atoms with Gasteiger partial charge in [-0.05, 0) is 0 Å². The number of carbonyl (C=O) groups is 1. The van der Waals surface area contributed by atoms with Crippen LogP contribution in [-0.4, -0.2) is 41.2 Å². The molecule has 0 fully saturated rings. The van der Waals surface area contributed by atoms with Gasteiger partial charge in [0.25, 0.3) is 0 Å². The Hall–Kier alpha value is -2.25. The fraction of sp³-hybridized carbons (Fsp3) is 0.400. The van der Waals surface area contributed by atoms with E-state index in [0.717, 1.165) is 11.4 Å². The first kappa shape index (κ1) is 15.8. The fourth-order valence-electron chi connectivity index (χ4n) is 1.27. The number of nitrogens with two attached hydrogens (primary N) is 1. The molecule has 10 heteroatoms. The van der Waals surface area contributed by atoms with E-state index in [9.17, 15) is 4.79 Å². The molecule has 0 aromatic carbocycles. The second-order valence-electron chi connectivity index (χ2n) is 3.52. The van der Waals surface area contributed by atoms with Crippen molar-refractivity contribution in [1.82, 2.24) is 26.0 Å². The van der Waals surface area contributed by atoms with Crippen LogP contribution in [-0.2, 0) is 5.75 Å². The zero-order valence-electron chi connectivity index (χ0n) is 10.9. The third kappa shape index (κ3) is 5.17. The third-order valence-electron chi connectivity index (χ3n) is 2.17. The van der Waals surface area contributed by atoms with E-state index in [-0.39, 0.29) is 5.82 Å². The highest BCUT2D eigenvalue weighted by Gasteiger charge is 2.07. The van der Waals surface area contributed by atoms with Gasteiger partial charge in [0.2, 0.25) is 12.2 Å². The Morgan fingerprint density at radius 2 is 2.50 bits per heavy atom. The molecule has 0 radical (unpaired) electrons. The van der Waals surface area contributed by atoms with Crippen molar-refractivity contribution in [1.29, 1.82) is 5.26 Å². The van der Waals surface area contributed by atoms with Crippen LogP contribution in [0.5, 0.6) is 0 Å².